The van der Waals surface area contributed by atoms with E-state index in [1.165, 1.54) is 0 Å². The Labute approximate surface area is 70.4 Å². The zero-order chi connectivity index (χ0) is 8.27. The van der Waals surface area contributed by atoms with E-state index in [2.05, 4.69) is 10.3 Å². The molecule has 1 aromatic heterocycles. The summed E-state index contributed by atoms with van der Waals surface area (Å²) in [6.07, 6.45) is 0. The van der Waals surface area contributed by atoms with Crippen LogP contribution < -0.4 is 10.1 Å². The number of aromatic amines is 1. The first-order chi connectivity index (χ1) is 5.27. The fourth-order valence-corrected chi connectivity index (χ4v) is 1.04. The third-order valence-electron chi connectivity index (χ3n) is 1.37. The highest BCUT2D eigenvalue weighted by Crippen LogP contribution is 2.12. The molecule has 0 saturated carbocycles. The van der Waals surface area contributed by atoms with Gasteiger partial charge in [-0.15, -0.1) is 0 Å². The Morgan fingerprint density at radius 3 is 2.73 bits per heavy atom. The van der Waals surface area contributed by atoms with Crippen LogP contribution >= 0.6 is 12.2 Å². The van der Waals surface area contributed by atoms with Gasteiger partial charge in [-0.2, -0.15) is 0 Å². The Hall–Kier alpha value is -1.03. The number of ether oxygens (including phenoxy) is 1. The standard InChI is InChI=1S/C7H10N2OS/c1-8-5-3-4-6(10-2)9-7(5)11/h3-4,8H,1-2H3,(H,9,11). The van der Waals surface area contributed by atoms with Crippen LogP contribution in [-0.4, -0.2) is 19.1 Å². The molecule has 0 radical (unpaired) electrons. The van der Waals surface area contributed by atoms with Gasteiger partial charge in [-0.05, 0) is 6.07 Å². The summed E-state index contributed by atoms with van der Waals surface area (Å²) in [4.78, 5) is 2.91. The lowest BCUT2D eigenvalue weighted by Gasteiger charge is -2.02. The van der Waals surface area contributed by atoms with Crippen molar-refractivity contribution in [2.45, 2.75) is 0 Å². The number of rotatable bonds is 2. The highest BCUT2D eigenvalue weighted by molar-refractivity contribution is 7.71. The Morgan fingerprint density at radius 2 is 2.27 bits per heavy atom. The fourth-order valence-electron chi connectivity index (χ4n) is 0.772. The van der Waals surface area contributed by atoms with Gasteiger partial charge in [-0.3, -0.25) is 0 Å². The van der Waals surface area contributed by atoms with Gasteiger partial charge in [0, 0.05) is 13.1 Å². The van der Waals surface area contributed by atoms with E-state index in [1.807, 2.05) is 19.2 Å². The number of anilines is 1. The Bertz CT molecular complexity index is 295. The SMILES string of the molecule is CNc1ccc(OC)[nH]c1=S. The van der Waals surface area contributed by atoms with Gasteiger partial charge in [0.2, 0.25) is 0 Å². The molecule has 0 aliphatic heterocycles. The first kappa shape index (κ1) is 8.07. The van der Waals surface area contributed by atoms with Gasteiger partial charge < -0.3 is 15.0 Å². The third-order valence-corrected chi connectivity index (χ3v) is 1.69. The van der Waals surface area contributed by atoms with Crippen molar-refractivity contribution in [1.29, 1.82) is 0 Å². The monoisotopic (exact) mass is 170 g/mol. The fraction of sp³-hybridized carbons (Fsp3) is 0.286. The summed E-state index contributed by atoms with van der Waals surface area (Å²) < 4.78 is 5.60. The average molecular weight is 170 g/mol. The van der Waals surface area contributed by atoms with Crippen molar-refractivity contribution in [3.05, 3.63) is 16.8 Å². The predicted octanol–water partition coefficient (Wildman–Crippen LogP) is 1.79. The minimum atomic E-state index is 0.659. The molecule has 1 rings (SSSR count). The molecule has 0 atom stereocenters. The summed E-state index contributed by atoms with van der Waals surface area (Å²) in [5.74, 6) is 0.675. The molecule has 0 aliphatic carbocycles. The summed E-state index contributed by atoms with van der Waals surface area (Å²) in [6.45, 7) is 0. The summed E-state index contributed by atoms with van der Waals surface area (Å²) in [5, 5.41) is 2.96. The zero-order valence-corrected chi connectivity index (χ0v) is 7.29. The largest absolute Gasteiger partial charge is 0.482 e. The molecule has 0 amide bonds. The van der Waals surface area contributed by atoms with Crippen LogP contribution in [-0.2, 0) is 0 Å². The molecule has 0 spiro atoms. The highest BCUT2D eigenvalue weighted by Gasteiger charge is 1.93. The van der Waals surface area contributed by atoms with Crippen LogP contribution in [0.4, 0.5) is 5.69 Å². The second-order valence-corrected chi connectivity index (χ2v) is 2.43. The van der Waals surface area contributed by atoms with E-state index in [9.17, 15) is 0 Å². The van der Waals surface area contributed by atoms with E-state index in [0.717, 1.165) is 5.69 Å². The molecule has 60 valence electrons. The van der Waals surface area contributed by atoms with Crippen LogP contribution in [0.2, 0.25) is 0 Å². The maximum Gasteiger partial charge on any atom is 0.191 e. The van der Waals surface area contributed by atoms with E-state index in [4.69, 9.17) is 17.0 Å². The number of methoxy groups -OCH3 is 1. The lowest BCUT2D eigenvalue weighted by atomic mass is 10.4. The van der Waals surface area contributed by atoms with Crippen molar-refractivity contribution in [1.82, 2.24) is 4.98 Å². The van der Waals surface area contributed by atoms with Gasteiger partial charge in [-0.25, -0.2) is 0 Å². The molecule has 0 bridgehead atoms. The molecule has 4 heteroatoms. The van der Waals surface area contributed by atoms with Gasteiger partial charge >= 0.3 is 0 Å². The van der Waals surface area contributed by atoms with E-state index in [-0.39, 0.29) is 0 Å². The molecule has 1 aromatic rings. The van der Waals surface area contributed by atoms with Crippen molar-refractivity contribution in [2.75, 3.05) is 19.5 Å². The minimum Gasteiger partial charge on any atom is -0.482 e. The van der Waals surface area contributed by atoms with Crippen molar-refractivity contribution in [3.63, 3.8) is 0 Å². The summed E-state index contributed by atoms with van der Waals surface area (Å²) in [5.41, 5.74) is 0.904. The Kier molecular flexibility index (Phi) is 2.48. The van der Waals surface area contributed by atoms with Gasteiger partial charge in [0.25, 0.3) is 0 Å². The molecule has 1 heterocycles. The van der Waals surface area contributed by atoms with E-state index in [0.29, 0.717) is 10.5 Å². The lowest BCUT2D eigenvalue weighted by molar-refractivity contribution is 0.397. The van der Waals surface area contributed by atoms with E-state index in [1.54, 1.807) is 7.11 Å². The smallest absolute Gasteiger partial charge is 0.191 e. The first-order valence-electron chi connectivity index (χ1n) is 3.23. The van der Waals surface area contributed by atoms with Gasteiger partial charge in [0.15, 0.2) is 5.88 Å². The third kappa shape index (κ3) is 1.71. The number of pyridine rings is 1. The number of hydrogen-bond acceptors (Lipinski definition) is 3. The summed E-state index contributed by atoms with van der Waals surface area (Å²) in [6, 6.07) is 3.69. The number of nitrogens with one attached hydrogen (secondary N) is 2. The number of hydrogen-bond donors (Lipinski definition) is 2. The number of H-pyrrole nitrogens is 1. The van der Waals surface area contributed by atoms with Crippen molar-refractivity contribution in [2.24, 2.45) is 0 Å². The van der Waals surface area contributed by atoms with Gasteiger partial charge in [0.1, 0.15) is 4.64 Å². The van der Waals surface area contributed by atoms with Gasteiger partial charge in [-0.1, -0.05) is 12.2 Å². The Morgan fingerprint density at radius 1 is 1.55 bits per heavy atom. The Balaban J connectivity index is 3.10. The first-order valence-corrected chi connectivity index (χ1v) is 3.64. The molecule has 3 nitrogen and oxygen atoms in total. The van der Waals surface area contributed by atoms with Crippen LogP contribution in [0, 0.1) is 4.64 Å². The average Bonchev–Trinajstić information content (AvgIpc) is 2.04. The van der Waals surface area contributed by atoms with Crippen LogP contribution in [0.1, 0.15) is 0 Å². The van der Waals surface area contributed by atoms with Crippen LogP contribution in [0.15, 0.2) is 12.1 Å². The maximum absolute atomic E-state index is 5.01. The topological polar surface area (TPSA) is 37.0 Å². The van der Waals surface area contributed by atoms with Gasteiger partial charge in [0.05, 0.1) is 12.8 Å². The lowest BCUT2D eigenvalue weighted by Crippen LogP contribution is -1.93. The van der Waals surface area contributed by atoms with Crippen molar-refractivity contribution >= 4 is 17.9 Å². The quantitative estimate of drug-likeness (QED) is 0.664. The maximum atomic E-state index is 5.01. The second kappa shape index (κ2) is 3.39. The molecule has 0 aliphatic rings. The van der Waals surface area contributed by atoms with E-state index >= 15 is 0 Å². The molecular weight excluding hydrogens is 160 g/mol. The predicted molar refractivity (Wildman–Crippen MR) is 47.7 cm³/mol. The summed E-state index contributed by atoms with van der Waals surface area (Å²) >= 11 is 5.01. The van der Waals surface area contributed by atoms with Crippen molar-refractivity contribution in [3.8, 4) is 5.88 Å². The van der Waals surface area contributed by atoms with E-state index < -0.39 is 0 Å². The second-order valence-electron chi connectivity index (χ2n) is 2.02. The zero-order valence-electron chi connectivity index (χ0n) is 6.47. The molecule has 0 saturated heterocycles. The molecule has 0 unspecified atom stereocenters. The summed E-state index contributed by atoms with van der Waals surface area (Å²) in [7, 11) is 3.42. The van der Waals surface area contributed by atoms with Crippen LogP contribution in [0.5, 0.6) is 5.88 Å². The minimum absolute atomic E-state index is 0.659. The van der Waals surface area contributed by atoms with Crippen LogP contribution in [0.3, 0.4) is 0 Å². The molecule has 2 N–H and O–H groups in total. The molecule has 0 aromatic carbocycles. The number of aromatic nitrogens is 1. The molecular formula is C7H10N2OS. The molecule has 11 heavy (non-hydrogen) atoms. The normalized spacial score (nSPS) is 9.27. The van der Waals surface area contributed by atoms with Crippen LogP contribution in [0.25, 0.3) is 0 Å². The van der Waals surface area contributed by atoms with Crippen molar-refractivity contribution < 1.29 is 4.74 Å². The highest BCUT2D eigenvalue weighted by atomic mass is 32.1. The molecule has 0 fully saturated rings.